The molecule has 0 N–H and O–H groups in total. The van der Waals surface area contributed by atoms with E-state index in [-0.39, 0.29) is 18.1 Å². The molecular formula is C24H27N3O4. The molecular weight excluding hydrogens is 394 g/mol. The van der Waals surface area contributed by atoms with Crippen LogP contribution in [0.5, 0.6) is 11.5 Å². The van der Waals surface area contributed by atoms with Crippen molar-refractivity contribution in [3.63, 3.8) is 0 Å². The van der Waals surface area contributed by atoms with Gasteiger partial charge in [0.25, 0.3) is 5.91 Å². The highest BCUT2D eigenvalue weighted by Crippen LogP contribution is 2.29. The Hall–Kier alpha value is -3.06. The van der Waals surface area contributed by atoms with Crippen LogP contribution in [0, 0.1) is 0 Å². The predicted molar refractivity (Wildman–Crippen MR) is 116 cm³/mol. The normalized spacial score (nSPS) is 19.6. The Bertz CT molecular complexity index is 1050. The molecule has 2 fully saturated rings. The second-order valence-electron chi connectivity index (χ2n) is 8.13. The fraction of sp³-hybridized carbons (Fsp3) is 0.417. The number of aromatic nitrogens is 2. The molecule has 7 heteroatoms. The molecule has 162 valence electrons. The molecule has 2 saturated heterocycles. The van der Waals surface area contributed by atoms with E-state index in [0.29, 0.717) is 6.61 Å². The quantitative estimate of drug-likeness (QED) is 0.630. The summed E-state index contributed by atoms with van der Waals surface area (Å²) in [4.78, 5) is 14.4. The number of amides is 1. The molecule has 0 spiro atoms. The van der Waals surface area contributed by atoms with Crippen molar-refractivity contribution in [2.75, 3.05) is 26.8 Å². The number of methoxy groups -OCH3 is 1. The number of hydrogen-bond donors (Lipinski definition) is 0. The van der Waals surface area contributed by atoms with Crippen LogP contribution in [-0.4, -0.2) is 59.4 Å². The Labute approximate surface area is 181 Å². The zero-order valence-corrected chi connectivity index (χ0v) is 17.7. The lowest BCUT2D eigenvalue weighted by atomic mass is 10.1. The SMILES string of the molecule is COc1cc(-c2ccc(OC3CCN(C(=O)[C@H]4CCCO4)CC3)cc2)cn2nccc12. The zero-order chi connectivity index (χ0) is 21.2. The summed E-state index contributed by atoms with van der Waals surface area (Å²) < 4.78 is 19.1. The van der Waals surface area contributed by atoms with Crippen LogP contribution in [0.15, 0.2) is 48.8 Å². The van der Waals surface area contributed by atoms with Crippen molar-refractivity contribution in [3.8, 4) is 22.6 Å². The van der Waals surface area contributed by atoms with Gasteiger partial charge in [-0.3, -0.25) is 4.79 Å². The van der Waals surface area contributed by atoms with Crippen molar-refractivity contribution in [2.24, 2.45) is 0 Å². The molecule has 1 atom stereocenters. The van der Waals surface area contributed by atoms with Crippen LogP contribution >= 0.6 is 0 Å². The molecule has 7 nitrogen and oxygen atoms in total. The molecule has 0 unspecified atom stereocenters. The lowest BCUT2D eigenvalue weighted by molar-refractivity contribution is -0.142. The maximum absolute atomic E-state index is 12.5. The first kappa shape index (κ1) is 19.9. The summed E-state index contributed by atoms with van der Waals surface area (Å²) in [5.41, 5.74) is 3.04. The number of likely N-dealkylation sites (tertiary alicyclic amines) is 1. The summed E-state index contributed by atoms with van der Waals surface area (Å²) in [6.07, 6.45) is 7.16. The number of fused-ring (bicyclic) bond motifs is 1. The van der Waals surface area contributed by atoms with Gasteiger partial charge in [0.15, 0.2) is 0 Å². The van der Waals surface area contributed by atoms with Gasteiger partial charge in [-0.25, -0.2) is 4.52 Å². The number of ether oxygens (including phenoxy) is 3. The van der Waals surface area contributed by atoms with Gasteiger partial charge in [-0.15, -0.1) is 0 Å². The van der Waals surface area contributed by atoms with Crippen LogP contribution in [0.4, 0.5) is 0 Å². The van der Waals surface area contributed by atoms with Crippen molar-refractivity contribution in [1.29, 1.82) is 0 Å². The summed E-state index contributed by atoms with van der Waals surface area (Å²) >= 11 is 0. The molecule has 4 heterocycles. The number of benzene rings is 1. The van der Waals surface area contributed by atoms with E-state index in [0.717, 1.165) is 66.9 Å². The van der Waals surface area contributed by atoms with Crippen molar-refractivity contribution >= 4 is 11.4 Å². The third-order valence-electron chi connectivity index (χ3n) is 6.14. The molecule has 31 heavy (non-hydrogen) atoms. The number of nitrogens with zero attached hydrogens (tertiary/aromatic N) is 3. The summed E-state index contributed by atoms with van der Waals surface area (Å²) in [5, 5.41) is 4.33. The Morgan fingerprint density at radius 2 is 1.90 bits per heavy atom. The summed E-state index contributed by atoms with van der Waals surface area (Å²) in [6, 6.07) is 12.1. The molecule has 0 radical (unpaired) electrons. The zero-order valence-electron chi connectivity index (χ0n) is 17.7. The van der Waals surface area contributed by atoms with E-state index in [9.17, 15) is 4.79 Å². The highest BCUT2D eigenvalue weighted by Gasteiger charge is 2.31. The van der Waals surface area contributed by atoms with Gasteiger partial charge in [0.1, 0.15) is 29.2 Å². The van der Waals surface area contributed by atoms with Gasteiger partial charge in [0.05, 0.1) is 13.3 Å². The minimum Gasteiger partial charge on any atom is -0.494 e. The first-order chi connectivity index (χ1) is 15.2. The van der Waals surface area contributed by atoms with E-state index in [1.807, 2.05) is 39.9 Å². The van der Waals surface area contributed by atoms with E-state index >= 15 is 0 Å². The third kappa shape index (κ3) is 4.10. The van der Waals surface area contributed by atoms with Crippen LogP contribution in [0.25, 0.3) is 16.6 Å². The Kier molecular flexibility index (Phi) is 5.51. The summed E-state index contributed by atoms with van der Waals surface area (Å²) in [5.74, 6) is 1.78. The fourth-order valence-corrected chi connectivity index (χ4v) is 4.41. The van der Waals surface area contributed by atoms with Gasteiger partial charge in [0, 0.05) is 44.3 Å². The van der Waals surface area contributed by atoms with E-state index in [4.69, 9.17) is 14.2 Å². The molecule has 5 rings (SSSR count). The van der Waals surface area contributed by atoms with E-state index in [1.54, 1.807) is 13.3 Å². The Balaban J connectivity index is 1.21. The van der Waals surface area contributed by atoms with Gasteiger partial charge in [-0.1, -0.05) is 12.1 Å². The average molecular weight is 421 g/mol. The molecule has 2 aromatic heterocycles. The summed E-state index contributed by atoms with van der Waals surface area (Å²) in [6.45, 7) is 2.16. The van der Waals surface area contributed by atoms with Gasteiger partial charge < -0.3 is 19.1 Å². The predicted octanol–water partition coefficient (Wildman–Crippen LogP) is 3.56. The maximum Gasteiger partial charge on any atom is 0.251 e. The topological polar surface area (TPSA) is 65.3 Å². The van der Waals surface area contributed by atoms with Crippen LogP contribution in [0.2, 0.25) is 0 Å². The fourth-order valence-electron chi connectivity index (χ4n) is 4.41. The van der Waals surface area contributed by atoms with Crippen molar-refractivity contribution in [3.05, 3.63) is 48.8 Å². The average Bonchev–Trinajstić information content (AvgIpc) is 3.51. The first-order valence-electron chi connectivity index (χ1n) is 10.9. The smallest absolute Gasteiger partial charge is 0.251 e. The molecule has 0 aliphatic carbocycles. The third-order valence-corrected chi connectivity index (χ3v) is 6.14. The molecule has 1 aromatic carbocycles. The van der Waals surface area contributed by atoms with Gasteiger partial charge in [-0.05, 0) is 42.7 Å². The maximum atomic E-state index is 12.5. The standard InChI is InChI=1S/C24H27N3O4/c1-29-23-15-18(16-27-21(23)8-11-25-27)17-4-6-19(7-5-17)31-20-9-12-26(13-10-20)24(28)22-3-2-14-30-22/h4-8,11,15-16,20,22H,2-3,9-10,12-14H2,1H3/t22-/m1/s1. The minimum atomic E-state index is -0.232. The highest BCUT2D eigenvalue weighted by molar-refractivity contribution is 5.81. The van der Waals surface area contributed by atoms with Gasteiger partial charge in [0.2, 0.25) is 0 Å². The van der Waals surface area contributed by atoms with Crippen molar-refractivity contribution in [1.82, 2.24) is 14.5 Å². The number of carbonyl (C=O) groups excluding carboxylic acids is 1. The van der Waals surface area contributed by atoms with Crippen LogP contribution in [0.1, 0.15) is 25.7 Å². The molecule has 0 bridgehead atoms. The largest absolute Gasteiger partial charge is 0.494 e. The van der Waals surface area contributed by atoms with Crippen molar-refractivity contribution < 1.29 is 19.0 Å². The molecule has 2 aliphatic rings. The van der Waals surface area contributed by atoms with E-state index in [2.05, 4.69) is 17.2 Å². The Morgan fingerprint density at radius 1 is 1.10 bits per heavy atom. The summed E-state index contributed by atoms with van der Waals surface area (Å²) in [7, 11) is 1.67. The van der Waals surface area contributed by atoms with Crippen LogP contribution < -0.4 is 9.47 Å². The molecule has 0 saturated carbocycles. The molecule has 2 aliphatic heterocycles. The highest BCUT2D eigenvalue weighted by atomic mass is 16.5. The van der Waals surface area contributed by atoms with Gasteiger partial charge in [-0.2, -0.15) is 5.10 Å². The molecule has 3 aromatic rings. The van der Waals surface area contributed by atoms with Crippen LogP contribution in [-0.2, 0) is 9.53 Å². The van der Waals surface area contributed by atoms with Gasteiger partial charge >= 0.3 is 0 Å². The second-order valence-corrected chi connectivity index (χ2v) is 8.13. The van der Waals surface area contributed by atoms with Crippen molar-refractivity contribution in [2.45, 2.75) is 37.9 Å². The lowest BCUT2D eigenvalue weighted by Gasteiger charge is -2.33. The molecule has 1 amide bonds. The first-order valence-corrected chi connectivity index (χ1v) is 10.9. The second kappa shape index (κ2) is 8.59. The number of hydrogen-bond acceptors (Lipinski definition) is 5. The monoisotopic (exact) mass is 421 g/mol. The van der Waals surface area contributed by atoms with E-state index in [1.165, 1.54) is 0 Å². The lowest BCUT2D eigenvalue weighted by Crippen LogP contribution is -2.45. The van der Waals surface area contributed by atoms with Crippen LogP contribution in [0.3, 0.4) is 0 Å². The Morgan fingerprint density at radius 3 is 2.61 bits per heavy atom. The van der Waals surface area contributed by atoms with E-state index < -0.39 is 0 Å². The number of carbonyl (C=O) groups is 1. The number of rotatable bonds is 5. The minimum absolute atomic E-state index is 0.125. The number of piperidine rings is 1. The number of pyridine rings is 1.